The van der Waals surface area contributed by atoms with Crippen molar-refractivity contribution in [2.45, 2.75) is 0 Å². The van der Waals surface area contributed by atoms with E-state index >= 15 is 0 Å². The number of nitrogens with two attached hydrogens (primary N) is 1. The van der Waals surface area contributed by atoms with Crippen LogP contribution in [0.1, 0.15) is 11.1 Å². The Morgan fingerprint density at radius 2 is 1.89 bits per heavy atom. The van der Waals surface area contributed by atoms with Crippen molar-refractivity contribution in [2.24, 2.45) is 0 Å². The molecule has 0 radical (unpaired) electrons. The van der Waals surface area contributed by atoms with Gasteiger partial charge in [-0.25, -0.2) is 4.98 Å². The van der Waals surface area contributed by atoms with Gasteiger partial charge in [0.1, 0.15) is 6.07 Å². The van der Waals surface area contributed by atoms with Crippen LogP contribution in [0, 0.1) is 22.7 Å². The van der Waals surface area contributed by atoms with Gasteiger partial charge in [-0.3, -0.25) is 0 Å². The summed E-state index contributed by atoms with van der Waals surface area (Å²) in [4.78, 5) is 5.95. The van der Waals surface area contributed by atoms with E-state index < -0.39 is 0 Å². The lowest BCUT2D eigenvalue weighted by Gasteiger charge is -2.20. The molecular weight excluding hydrogens is 238 g/mol. The molecule has 1 aromatic carbocycles. The third-order valence-corrected chi connectivity index (χ3v) is 2.70. The molecule has 5 nitrogen and oxygen atoms in total. The van der Waals surface area contributed by atoms with Gasteiger partial charge in [-0.2, -0.15) is 10.5 Å². The second-order valence-corrected chi connectivity index (χ2v) is 3.97. The topological polar surface area (TPSA) is 89.7 Å². The van der Waals surface area contributed by atoms with E-state index in [9.17, 15) is 0 Å². The van der Waals surface area contributed by atoms with E-state index in [0.29, 0.717) is 22.6 Å². The molecule has 5 heteroatoms. The molecular formula is C14H11N5. The van der Waals surface area contributed by atoms with Crippen LogP contribution in [0.4, 0.5) is 17.2 Å². The zero-order valence-electron chi connectivity index (χ0n) is 10.3. The zero-order valence-corrected chi connectivity index (χ0v) is 10.3. The van der Waals surface area contributed by atoms with Gasteiger partial charge in [0.25, 0.3) is 0 Å². The Kier molecular flexibility index (Phi) is 3.31. The summed E-state index contributed by atoms with van der Waals surface area (Å²) >= 11 is 0. The van der Waals surface area contributed by atoms with Crippen LogP contribution in [0.2, 0.25) is 0 Å². The molecule has 0 saturated heterocycles. The first-order valence-corrected chi connectivity index (χ1v) is 5.55. The van der Waals surface area contributed by atoms with Crippen molar-refractivity contribution in [3.63, 3.8) is 0 Å². The van der Waals surface area contributed by atoms with Crippen LogP contribution >= 0.6 is 0 Å². The molecule has 1 heterocycles. The van der Waals surface area contributed by atoms with Crippen LogP contribution in [0.25, 0.3) is 0 Å². The van der Waals surface area contributed by atoms with Gasteiger partial charge in [-0.1, -0.05) is 6.07 Å². The molecule has 0 fully saturated rings. The summed E-state index contributed by atoms with van der Waals surface area (Å²) in [7, 11) is 1.81. The van der Waals surface area contributed by atoms with E-state index in [1.54, 1.807) is 36.2 Å². The summed E-state index contributed by atoms with van der Waals surface area (Å²) in [6.07, 6.45) is 1.47. The minimum Gasteiger partial charge on any atom is -0.396 e. The van der Waals surface area contributed by atoms with Crippen LogP contribution in [-0.4, -0.2) is 12.0 Å². The summed E-state index contributed by atoms with van der Waals surface area (Å²) in [5, 5.41) is 17.7. The number of rotatable bonds is 2. The van der Waals surface area contributed by atoms with Gasteiger partial charge in [-0.15, -0.1) is 0 Å². The first kappa shape index (κ1) is 12.4. The maximum absolute atomic E-state index is 8.89. The third-order valence-electron chi connectivity index (χ3n) is 2.70. The van der Waals surface area contributed by atoms with Gasteiger partial charge >= 0.3 is 0 Å². The number of hydrogen-bond donors (Lipinski definition) is 1. The molecule has 2 rings (SSSR count). The molecule has 2 aromatic rings. The van der Waals surface area contributed by atoms with E-state index in [1.807, 2.05) is 12.1 Å². The standard InChI is InChI=1S/C14H11N5/c1-19(12-4-2-3-10(5-12)7-15)14-13(17)6-11(8-16)9-18-14/h2-6,9H,17H2,1H3. The second-order valence-electron chi connectivity index (χ2n) is 3.97. The quantitative estimate of drug-likeness (QED) is 0.880. The fourth-order valence-electron chi connectivity index (χ4n) is 1.72. The molecule has 0 aliphatic carbocycles. The number of nitriles is 2. The molecule has 0 amide bonds. The summed E-state index contributed by atoms with van der Waals surface area (Å²) in [5.41, 5.74) is 8.10. The Morgan fingerprint density at radius 3 is 2.53 bits per heavy atom. The second kappa shape index (κ2) is 5.07. The lowest BCUT2D eigenvalue weighted by atomic mass is 10.2. The van der Waals surface area contributed by atoms with Gasteiger partial charge in [0.2, 0.25) is 0 Å². The molecule has 92 valence electrons. The van der Waals surface area contributed by atoms with E-state index in [1.165, 1.54) is 6.20 Å². The van der Waals surface area contributed by atoms with Crippen molar-refractivity contribution in [1.29, 1.82) is 10.5 Å². The van der Waals surface area contributed by atoms with Crippen LogP contribution in [0.5, 0.6) is 0 Å². The first-order valence-electron chi connectivity index (χ1n) is 5.55. The number of hydrogen-bond acceptors (Lipinski definition) is 5. The minimum absolute atomic E-state index is 0.417. The van der Waals surface area contributed by atoms with Crippen molar-refractivity contribution in [1.82, 2.24) is 4.98 Å². The van der Waals surface area contributed by atoms with Crippen molar-refractivity contribution >= 4 is 17.2 Å². The van der Waals surface area contributed by atoms with Crippen molar-refractivity contribution in [2.75, 3.05) is 17.7 Å². The van der Waals surface area contributed by atoms with Gasteiger partial charge in [-0.05, 0) is 24.3 Å². The molecule has 0 spiro atoms. The highest BCUT2D eigenvalue weighted by atomic mass is 15.2. The fourth-order valence-corrected chi connectivity index (χ4v) is 1.72. The number of aromatic nitrogens is 1. The number of anilines is 3. The highest BCUT2D eigenvalue weighted by molar-refractivity contribution is 5.72. The smallest absolute Gasteiger partial charge is 0.156 e. The van der Waals surface area contributed by atoms with Crippen LogP contribution in [0.15, 0.2) is 36.5 Å². The largest absolute Gasteiger partial charge is 0.396 e. The average Bonchev–Trinajstić information content (AvgIpc) is 2.46. The Morgan fingerprint density at radius 1 is 1.16 bits per heavy atom. The minimum atomic E-state index is 0.417. The summed E-state index contributed by atoms with van der Waals surface area (Å²) < 4.78 is 0. The molecule has 0 bridgehead atoms. The van der Waals surface area contributed by atoms with Gasteiger partial charge in [0.15, 0.2) is 5.82 Å². The van der Waals surface area contributed by atoms with Crippen LogP contribution < -0.4 is 10.6 Å². The molecule has 0 saturated carbocycles. The highest BCUT2D eigenvalue weighted by Crippen LogP contribution is 2.27. The lowest BCUT2D eigenvalue weighted by Crippen LogP contribution is -2.13. The molecule has 2 N–H and O–H groups in total. The summed E-state index contributed by atoms with van der Waals surface area (Å²) in [6.45, 7) is 0. The Balaban J connectivity index is 2.42. The molecule has 0 aliphatic rings. The molecule has 0 aliphatic heterocycles. The number of nitrogen functional groups attached to an aromatic ring is 1. The molecule has 0 atom stereocenters. The maximum Gasteiger partial charge on any atom is 0.156 e. The maximum atomic E-state index is 8.89. The third kappa shape index (κ3) is 2.46. The average molecular weight is 249 g/mol. The summed E-state index contributed by atoms with van der Waals surface area (Å²) in [6, 6.07) is 12.8. The van der Waals surface area contributed by atoms with Crippen LogP contribution in [-0.2, 0) is 0 Å². The SMILES string of the molecule is CN(c1cccc(C#N)c1)c1ncc(C#N)cc1N. The van der Waals surface area contributed by atoms with Crippen LogP contribution in [0.3, 0.4) is 0 Å². The predicted molar refractivity (Wildman–Crippen MR) is 72.6 cm³/mol. The Hall–Kier alpha value is -3.05. The molecule has 19 heavy (non-hydrogen) atoms. The van der Waals surface area contributed by atoms with E-state index in [-0.39, 0.29) is 0 Å². The van der Waals surface area contributed by atoms with Gasteiger partial charge < -0.3 is 10.6 Å². The number of nitrogens with zero attached hydrogens (tertiary/aromatic N) is 4. The fraction of sp³-hybridized carbons (Fsp3) is 0.0714. The highest BCUT2D eigenvalue weighted by Gasteiger charge is 2.10. The van der Waals surface area contributed by atoms with Crippen molar-refractivity contribution in [3.05, 3.63) is 47.7 Å². The van der Waals surface area contributed by atoms with E-state index in [2.05, 4.69) is 11.1 Å². The normalized spacial score (nSPS) is 9.42. The number of benzene rings is 1. The Labute approximate surface area is 111 Å². The lowest BCUT2D eigenvalue weighted by molar-refractivity contribution is 1.13. The van der Waals surface area contributed by atoms with E-state index in [0.717, 1.165) is 5.69 Å². The van der Waals surface area contributed by atoms with E-state index in [4.69, 9.17) is 16.3 Å². The first-order chi connectivity index (χ1) is 9.15. The molecule has 0 unspecified atom stereocenters. The summed E-state index contributed by atoms with van der Waals surface area (Å²) in [5.74, 6) is 0.550. The van der Waals surface area contributed by atoms with Gasteiger partial charge in [0.05, 0.1) is 22.9 Å². The van der Waals surface area contributed by atoms with Gasteiger partial charge in [0, 0.05) is 18.9 Å². The van der Waals surface area contributed by atoms with Crippen molar-refractivity contribution in [3.8, 4) is 12.1 Å². The van der Waals surface area contributed by atoms with Crippen molar-refractivity contribution < 1.29 is 0 Å². The Bertz CT molecular complexity index is 694. The molecule has 1 aromatic heterocycles. The predicted octanol–water partition coefficient (Wildman–Crippen LogP) is 2.18. The number of pyridine rings is 1. The zero-order chi connectivity index (χ0) is 13.8. The monoisotopic (exact) mass is 249 g/mol.